The Balaban J connectivity index is 1.53. The zero-order valence-corrected chi connectivity index (χ0v) is 26.0. The van der Waals surface area contributed by atoms with E-state index in [1.165, 1.54) is 4.90 Å². The Morgan fingerprint density at radius 3 is 1.91 bits per heavy atom. The van der Waals surface area contributed by atoms with Gasteiger partial charge in [-0.2, -0.15) is 0 Å². The highest BCUT2D eigenvalue weighted by Crippen LogP contribution is 2.19. The van der Waals surface area contributed by atoms with Crippen molar-refractivity contribution in [2.45, 2.75) is 71.9 Å². The highest BCUT2D eigenvalue weighted by atomic mass is 16.6. The molecule has 44 heavy (non-hydrogen) atoms. The van der Waals surface area contributed by atoms with Crippen molar-refractivity contribution in [1.82, 2.24) is 20.9 Å². The highest BCUT2D eigenvalue weighted by molar-refractivity contribution is 5.86. The monoisotopic (exact) mass is 610 g/mol. The summed E-state index contributed by atoms with van der Waals surface area (Å²) in [6.45, 7) is 8.25. The number of hydrogen-bond donors (Lipinski definition) is 4. The van der Waals surface area contributed by atoms with Crippen LogP contribution >= 0.6 is 0 Å². The van der Waals surface area contributed by atoms with E-state index in [0.29, 0.717) is 12.8 Å². The molecule has 1 fully saturated rings. The van der Waals surface area contributed by atoms with Gasteiger partial charge in [-0.3, -0.25) is 9.59 Å². The number of aliphatic hydroxyl groups excluding tert-OH is 1. The highest BCUT2D eigenvalue weighted by Gasteiger charge is 2.38. The minimum Gasteiger partial charge on any atom is -0.445 e. The summed E-state index contributed by atoms with van der Waals surface area (Å²) in [5, 5.41) is 18.9. The first-order valence-corrected chi connectivity index (χ1v) is 15.2. The van der Waals surface area contributed by atoms with Crippen LogP contribution in [0.3, 0.4) is 0 Å². The van der Waals surface area contributed by atoms with E-state index in [-0.39, 0.29) is 50.6 Å². The molecule has 0 aromatic heterocycles. The van der Waals surface area contributed by atoms with Gasteiger partial charge in [-0.1, -0.05) is 88.4 Å². The lowest BCUT2D eigenvalue weighted by atomic mass is 9.95. The first-order chi connectivity index (χ1) is 21.0. The van der Waals surface area contributed by atoms with Crippen LogP contribution in [0, 0.1) is 17.8 Å². The number of aliphatic hydroxyl groups is 1. The molecule has 2 aromatic carbocycles. The fraction of sp³-hybridized carbons (Fsp3) is 0.515. The van der Waals surface area contributed by atoms with Crippen LogP contribution in [0.5, 0.6) is 0 Å². The van der Waals surface area contributed by atoms with Crippen molar-refractivity contribution in [3.05, 3.63) is 71.8 Å². The molecule has 0 bridgehead atoms. The molecule has 1 aliphatic heterocycles. The molecule has 1 saturated heterocycles. The molecule has 11 nitrogen and oxygen atoms in total. The van der Waals surface area contributed by atoms with Gasteiger partial charge in [0.15, 0.2) is 0 Å². The lowest BCUT2D eigenvalue weighted by Gasteiger charge is -2.25. The smallest absolute Gasteiger partial charge is 0.408 e. The molecule has 0 aliphatic carbocycles. The average Bonchev–Trinajstić information content (AvgIpc) is 3.36. The number of amides is 4. The summed E-state index contributed by atoms with van der Waals surface area (Å²) < 4.78 is 10.6. The molecule has 2 aromatic rings. The van der Waals surface area contributed by atoms with Crippen molar-refractivity contribution in [2.24, 2.45) is 17.8 Å². The van der Waals surface area contributed by atoms with E-state index >= 15 is 0 Å². The van der Waals surface area contributed by atoms with E-state index in [0.717, 1.165) is 11.1 Å². The number of likely N-dealkylation sites (tertiary alicyclic amines) is 1. The normalized spacial score (nSPS) is 17.6. The zero-order chi connectivity index (χ0) is 32.1. The molecule has 4 atom stereocenters. The predicted octanol–water partition coefficient (Wildman–Crippen LogP) is 3.60. The van der Waals surface area contributed by atoms with Crippen LogP contribution in [0.2, 0.25) is 0 Å². The van der Waals surface area contributed by atoms with Crippen molar-refractivity contribution in [3.63, 3.8) is 0 Å². The third kappa shape index (κ3) is 11.5. The van der Waals surface area contributed by atoms with Crippen molar-refractivity contribution < 1.29 is 33.8 Å². The molecule has 4 amide bonds. The third-order valence-corrected chi connectivity index (χ3v) is 7.27. The second-order valence-corrected chi connectivity index (χ2v) is 12.1. The Hall–Kier alpha value is -4.12. The van der Waals surface area contributed by atoms with Gasteiger partial charge in [0.25, 0.3) is 0 Å². The fourth-order valence-electron chi connectivity index (χ4n) is 5.08. The summed E-state index contributed by atoms with van der Waals surface area (Å²) in [5.41, 5.74) is 1.67. The molecule has 0 spiro atoms. The molecule has 3 rings (SSSR count). The molecule has 1 heterocycles. The number of rotatable bonds is 14. The summed E-state index contributed by atoms with van der Waals surface area (Å²) in [4.78, 5) is 53.1. The van der Waals surface area contributed by atoms with E-state index in [4.69, 9.17) is 9.47 Å². The Kier molecular flexibility index (Phi) is 13.5. The summed E-state index contributed by atoms with van der Waals surface area (Å²) in [6, 6.07) is 16.9. The molecule has 4 N–H and O–H groups in total. The second-order valence-electron chi connectivity index (χ2n) is 12.1. The number of hydrogen-bond acceptors (Lipinski definition) is 7. The number of alkyl carbamates (subject to hydrolysis) is 2. The summed E-state index contributed by atoms with van der Waals surface area (Å²) in [7, 11) is 0. The Labute approximate surface area is 259 Å². The quantitative estimate of drug-likeness (QED) is 0.256. The largest absolute Gasteiger partial charge is 0.445 e. The van der Waals surface area contributed by atoms with Crippen molar-refractivity contribution in [3.8, 4) is 0 Å². The first kappa shape index (κ1) is 34.4. The molecule has 0 radical (unpaired) electrons. The topological polar surface area (TPSA) is 146 Å². The van der Waals surface area contributed by atoms with Gasteiger partial charge in [0.05, 0.1) is 18.1 Å². The summed E-state index contributed by atoms with van der Waals surface area (Å²) in [5.74, 6) is -0.945. The predicted molar refractivity (Wildman–Crippen MR) is 165 cm³/mol. The maximum Gasteiger partial charge on any atom is 0.408 e. The van der Waals surface area contributed by atoms with E-state index in [1.54, 1.807) is 0 Å². The van der Waals surface area contributed by atoms with E-state index in [1.807, 2.05) is 88.4 Å². The van der Waals surface area contributed by atoms with Crippen LogP contribution in [0.4, 0.5) is 9.59 Å². The van der Waals surface area contributed by atoms with Gasteiger partial charge in [-0.15, -0.1) is 0 Å². The maximum atomic E-state index is 13.5. The minimum atomic E-state index is -0.990. The Bertz CT molecular complexity index is 1210. The fourth-order valence-corrected chi connectivity index (χ4v) is 5.08. The number of benzene rings is 2. The number of nitrogens with one attached hydrogen (secondary N) is 3. The van der Waals surface area contributed by atoms with Gasteiger partial charge in [0.1, 0.15) is 19.3 Å². The SMILES string of the molecule is CC(C)C[C@@H](CNC(=O)OCc1ccccc1)C(=O)N1CC(O)C(NC(=O)[C@H](CC(C)C)NC(=O)OCc2ccccc2)C1. The van der Waals surface area contributed by atoms with E-state index in [2.05, 4.69) is 16.0 Å². The van der Waals surface area contributed by atoms with E-state index < -0.39 is 42.2 Å². The van der Waals surface area contributed by atoms with Gasteiger partial charge >= 0.3 is 12.2 Å². The number of ether oxygens (including phenoxy) is 2. The lowest BCUT2D eigenvalue weighted by Crippen LogP contribution is -2.53. The lowest BCUT2D eigenvalue weighted by molar-refractivity contribution is -0.135. The molecule has 1 aliphatic rings. The van der Waals surface area contributed by atoms with Gasteiger partial charge in [-0.05, 0) is 35.8 Å². The average molecular weight is 611 g/mol. The van der Waals surface area contributed by atoms with Crippen LogP contribution in [0.15, 0.2) is 60.7 Å². The Morgan fingerprint density at radius 1 is 0.818 bits per heavy atom. The van der Waals surface area contributed by atoms with Crippen molar-refractivity contribution >= 4 is 24.0 Å². The molecule has 11 heteroatoms. The minimum absolute atomic E-state index is 0.0399. The summed E-state index contributed by atoms with van der Waals surface area (Å²) >= 11 is 0. The van der Waals surface area contributed by atoms with Crippen LogP contribution in [-0.2, 0) is 32.3 Å². The number of β-amino-alcohol motifs (C(OH)–C–C–N with tert-alkyl or cyclic N) is 1. The van der Waals surface area contributed by atoms with Gasteiger partial charge in [0, 0.05) is 19.6 Å². The number of carbonyl (C=O) groups is 4. The molecule has 2 unspecified atom stereocenters. The van der Waals surface area contributed by atoms with Gasteiger partial charge in [0.2, 0.25) is 11.8 Å². The maximum absolute atomic E-state index is 13.5. The molecular weight excluding hydrogens is 564 g/mol. The van der Waals surface area contributed by atoms with Gasteiger partial charge < -0.3 is 35.4 Å². The van der Waals surface area contributed by atoms with Crippen molar-refractivity contribution in [2.75, 3.05) is 19.6 Å². The molecule has 0 saturated carbocycles. The first-order valence-electron chi connectivity index (χ1n) is 15.2. The van der Waals surface area contributed by atoms with Crippen molar-refractivity contribution in [1.29, 1.82) is 0 Å². The van der Waals surface area contributed by atoms with Crippen LogP contribution in [-0.4, -0.2) is 71.8 Å². The number of carbonyl (C=O) groups excluding carboxylic acids is 4. The second kappa shape index (κ2) is 17.2. The van der Waals surface area contributed by atoms with Crippen LogP contribution < -0.4 is 16.0 Å². The summed E-state index contributed by atoms with van der Waals surface area (Å²) in [6.07, 6.45) is -1.44. The van der Waals surface area contributed by atoms with Crippen LogP contribution in [0.25, 0.3) is 0 Å². The Morgan fingerprint density at radius 2 is 1.36 bits per heavy atom. The van der Waals surface area contributed by atoms with E-state index in [9.17, 15) is 24.3 Å². The molecule has 240 valence electrons. The standard InChI is InChI=1S/C33H46N4O7/c1-22(2)15-26(17-34-32(41)43-20-24-11-7-5-8-12-24)31(40)37-18-28(29(38)19-37)35-30(39)27(16-23(3)4)36-33(42)44-21-25-13-9-6-10-14-25/h5-14,22-23,26-29,38H,15-21H2,1-4H3,(H,34,41)(H,35,39)(H,36,42)/t26-,27-,28?,29?/m0/s1. The zero-order valence-electron chi connectivity index (χ0n) is 26.0. The number of nitrogens with zero attached hydrogens (tertiary/aromatic N) is 1. The van der Waals surface area contributed by atoms with Crippen LogP contribution in [0.1, 0.15) is 51.7 Å². The third-order valence-electron chi connectivity index (χ3n) is 7.27. The molecular formula is C33H46N4O7. The van der Waals surface area contributed by atoms with Gasteiger partial charge in [-0.25, -0.2) is 9.59 Å².